The van der Waals surface area contributed by atoms with Crippen LogP contribution in [0.3, 0.4) is 0 Å². The second kappa shape index (κ2) is 9.33. The quantitative estimate of drug-likeness (QED) is 0.618. The molecule has 0 aliphatic carbocycles. The fourth-order valence-electron chi connectivity index (χ4n) is 4.20. The lowest BCUT2D eigenvalue weighted by Gasteiger charge is -2.33. The van der Waals surface area contributed by atoms with Crippen LogP contribution in [0, 0.1) is 12.8 Å². The lowest BCUT2D eigenvalue weighted by Crippen LogP contribution is -3.16. The molecule has 1 aromatic rings. The average molecular weight is 375 g/mol. The Balaban J connectivity index is 1.38. The first kappa shape index (κ1) is 19.8. The van der Waals surface area contributed by atoms with Crippen molar-refractivity contribution < 1.29 is 19.4 Å². The number of hydrogen-bond donors (Lipinski definition) is 3. The largest absolute Gasteiger partial charge is 0.327 e. The van der Waals surface area contributed by atoms with Crippen LogP contribution in [0.2, 0.25) is 0 Å². The van der Waals surface area contributed by atoms with Gasteiger partial charge in [-0.2, -0.15) is 0 Å². The molecule has 27 heavy (non-hydrogen) atoms. The van der Waals surface area contributed by atoms with E-state index in [0.29, 0.717) is 13.1 Å². The molecule has 3 rings (SSSR count). The molecule has 0 aromatic heterocycles. The van der Waals surface area contributed by atoms with E-state index in [1.807, 2.05) is 36.1 Å². The average Bonchev–Trinajstić information content (AvgIpc) is 2.64. The molecule has 2 fully saturated rings. The highest BCUT2D eigenvalue weighted by molar-refractivity contribution is 5.91. The number of benzene rings is 1. The van der Waals surface area contributed by atoms with Crippen LogP contribution in [0.25, 0.3) is 0 Å². The van der Waals surface area contributed by atoms with E-state index in [2.05, 4.69) is 12.2 Å². The summed E-state index contributed by atoms with van der Waals surface area (Å²) in [6.45, 7) is 10.9. The van der Waals surface area contributed by atoms with Crippen molar-refractivity contribution in [3.8, 4) is 0 Å². The van der Waals surface area contributed by atoms with Gasteiger partial charge < -0.3 is 20.0 Å². The summed E-state index contributed by atoms with van der Waals surface area (Å²) in [6, 6.07) is 7.86. The van der Waals surface area contributed by atoms with Crippen LogP contribution in [0.15, 0.2) is 24.3 Å². The highest BCUT2D eigenvalue weighted by Gasteiger charge is 2.29. The summed E-state index contributed by atoms with van der Waals surface area (Å²) < 4.78 is 0. The second-order valence-electron chi connectivity index (χ2n) is 8.35. The van der Waals surface area contributed by atoms with Crippen LogP contribution in [0.1, 0.15) is 25.3 Å². The second-order valence-corrected chi connectivity index (χ2v) is 8.35. The number of hydrogen-bond acceptors (Lipinski definition) is 2. The van der Waals surface area contributed by atoms with Crippen LogP contribution >= 0.6 is 0 Å². The Labute approximate surface area is 162 Å². The van der Waals surface area contributed by atoms with Crippen molar-refractivity contribution in [1.29, 1.82) is 0 Å². The minimum Gasteiger partial charge on any atom is -0.327 e. The van der Waals surface area contributed by atoms with E-state index in [9.17, 15) is 9.59 Å². The zero-order chi connectivity index (χ0) is 19.2. The van der Waals surface area contributed by atoms with Gasteiger partial charge in [-0.1, -0.05) is 24.6 Å². The van der Waals surface area contributed by atoms with E-state index in [1.165, 1.54) is 28.2 Å². The Hall–Kier alpha value is -1.92. The van der Waals surface area contributed by atoms with Gasteiger partial charge >= 0.3 is 0 Å². The van der Waals surface area contributed by atoms with Crippen molar-refractivity contribution >= 4 is 17.5 Å². The normalized spacial score (nSPS) is 23.9. The van der Waals surface area contributed by atoms with Crippen LogP contribution in [0.5, 0.6) is 0 Å². The van der Waals surface area contributed by atoms with Crippen LogP contribution in [-0.2, 0) is 9.59 Å². The zero-order valence-electron chi connectivity index (χ0n) is 16.7. The van der Waals surface area contributed by atoms with Crippen molar-refractivity contribution in [2.75, 3.05) is 57.7 Å². The third kappa shape index (κ3) is 6.04. The predicted molar refractivity (Wildman–Crippen MR) is 106 cm³/mol. The number of nitrogens with zero attached hydrogens (tertiary/aromatic N) is 1. The minimum absolute atomic E-state index is 0.0420. The lowest BCUT2D eigenvalue weighted by atomic mass is 10.0. The number of piperidine rings is 1. The van der Waals surface area contributed by atoms with Gasteiger partial charge in [0, 0.05) is 11.6 Å². The van der Waals surface area contributed by atoms with Gasteiger partial charge in [-0.05, 0) is 31.9 Å². The number of rotatable bonds is 5. The van der Waals surface area contributed by atoms with Gasteiger partial charge in [-0.3, -0.25) is 9.59 Å². The van der Waals surface area contributed by atoms with Gasteiger partial charge in [0.05, 0.1) is 39.3 Å². The molecule has 1 unspecified atom stereocenters. The molecule has 2 atom stereocenters. The van der Waals surface area contributed by atoms with E-state index in [1.54, 1.807) is 0 Å². The Morgan fingerprint density at radius 2 is 1.78 bits per heavy atom. The Morgan fingerprint density at radius 3 is 2.44 bits per heavy atom. The minimum atomic E-state index is 0.0420. The number of aryl methyl sites for hydroxylation is 1. The molecule has 2 amide bonds. The molecule has 6 heteroatoms. The molecule has 148 valence electrons. The molecule has 2 aliphatic heterocycles. The molecule has 0 saturated carbocycles. The molecule has 0 bridgehead atoms. The number of nitrogens with one attached hydrogen (secondary N) is 3. The molecule has 2 heterocycles. The van der Waals surface area contributed by atoms with Crippen LogP contribution in [0.4, 0.5) is 5.69 Å². The van der Waals surface area contributed by atoms with Gasteiger partial charge in [0.1, 0.15) is 0 Å². The number of amides is 2. The maximum atomic E-state index is 12.6. The van der Waals surface area contributed by atoms with E-state index >= 15 is 0 Å². The van der Waals surface area contributed by atoms with Gasteiger partial charge in [0.15, 0.2) is 13.1 Å². The lowest BCUT2D eigenvalue weighted by molar-refractivity contribution is -0.902. The summed E-state index contributed by atoms with van der Waals surface area (Å²) >= 11 is 0. The van der Waals surface area contributed by atoms with Crippen molar-refractivity contribution in [1.82, 2.24) is 4.90 Å². The number of carbonyl (C=O) groups excluding carboxylic acids is 2. The number of quaternary nitrogens is 2. The Bertz CT molecular complexity index is 638. The fraction of sp³-hybridized carbons (Fsp3) is 0.619. The van der Waals surface area contributed by atoms with Crippen LogP contribution in [-0.4, -0.2) is 69.1 Å². The summed E-state index contributed by atoms with van der Waals surface area (Å²) in [5, 5.41) is 2.97. The molecular formula is C21H34N4O2+2. The SMILES string of the molecule is Cc1ccc(NC(=O)C[NH+]2CCN(C(=O)C[NH+]3CCC[C@@H](C)C3)CC2)cc1. The highest BCUT2D eigenvalue weighted by atomic mass is 16.2. The van der Waals surface area contributed by atoms with E-state index in [4.69, 9.17) is 0 Å². The number of carbonyl (C=O) groups is 2. The zero-order valence-corrected chi connectivity index (χ0v) is 16.7. The summed E-state index contributed by atoms with van der Waals surface area (Å²) in [7, 11) is 0. The molecule has 2 aliphatic rings. The van der Waals surface area contributed by atoms with Crippen LogP contribution < -0.4 is 15.1 Å². The Kier molecular flexibility index (Phi) is 6.85. The smallest absolute Gasteiger partial charge is 0.279 e. The number of likely N-dealkylation sites (tertiary alicyclic amines) is 1. The van der Waals surface area contributed by atoms with Crippen molar-refractivity contribution in [3.63, 3.8) is 0 Å². The molecule has 0 spiro atoms. The molecule has 3 N–H and O–H groups in total. The summed E-state index contributed by atoms with van der Waals surface area (Å²) in [4.78, 5) is 29.5. The van der Waals surface area contributed by atoms with Gasteiger partial charge in [0.25, 0.3) is 11.8 Å². The molecule has 0 radical (unpaired) electrons. The summed E-state index contributed by atoms with van der Waals surface area (Å²) in [5.74, 6) is 1.05. The predicted octanol–water partition coefficient (Wildman–Crippen LogP) is -1.02. The van der Waals surface area contributed by atoms with E-state index in [0.717, 1.165) is 50.9 Å². The first-order chi connectivity index (χ1) is 13.0. The van der Waals surface area contributed by atoms with Gasteiger partial charge in [-0.15, -0.1) is 0 Å². The number of piperazine rings is 1. The molecule has 6 nitrogen and oxygen atoms in total. The van der Waals surface area contributed by atoms with Crippen molar-refractivity contribution in [3.05, 3.63) is 29.8 Å². The summed E-state index contributed by atoms with van der Waals surface area (Å²) in [5.41, 5.74) is 2.03. The van der Waals surface area contributed by atoms with Crippen molar-refractivity contribution in [2.45, 2.75) is 26.7 Å². The van der Waals surface area contributed by atoms with Gasteiger partial charge in [-0.25, -0.2) is 0 Å². The standard InChI is InChI=1S/C21H32N4O2/c1-17-5-7-19(8-6-17)22-20(26)15-23-10-12-25(13-11-23)21(27)16-24-9-3-4-18(2)14-24/h5-8,18H,3-4,9-16H2,1-2H3,(H,22,26)/p+2/t18-/m1/s1. The monoisotopic (exact) mass is 374 g/mol. The first-order valence-corrected chi connectivity index (χ1v) is 10.3. The topological polar surface area (TPSA) is 58.3 Å². The van der Waals surface area contributed by atoms with Gasteiger partial charge in [0.2, 0.25) is 0 Å². The maximum Gasteiger partial charge on any atom is 0.279 e. The number of anilines is 1. The third-order valence-corrected chi connectivity index (χ3v) is 5.83. The van der Waals surface area contributed by atoms with E-state index in [-0.39, 0.29) is 11.8 Å². The fourth-order valence-corrected chi connectivity index (χ4v) is 4.20. The van der Waals surface area contributed by atoms with E-state index < -0.39 is 0 Å². The molecule has 1 aromatic carbocycles. The maximum absolute atomic E-state index is 12.6. The molecular weight excluding hydrogens is 340 g/mol. The van der Waals surface area contributed by atoms with Crippen molar-refractivity contribution in [2.24, 2.45) is 5.92 Å². The highest BCUT2D eigenvalue weighted by Crippen LogP contribution is 2.08. The third-order valence-electron chi connectivity index (χ3n) is 5.83. The summed E-state index contributed by atoms with van der Waals surface area (Å²) in [6.07, 6.45) is 2.53. The first-order valence-electron chi connectivity index (χ1n) is 10.3. The Morgan fingerprint density at radius 1 is 1.07 bits per heavy atom. The molecule has 2 saturated heterocycles.